The largest absolute Gasteiger partial charge is 0.508 e. The Hall–Kier alpha value is -1.59. The summed E-state index contributed by atoms with van der Waals surface area (Å²) in [7, 11) is 0. The molecule has 0 radical (unpaired) electrons. The van der Waals surface area contributed by atoms with E-state index >= 15 is 0 Å². The molecule has 4 N–H and O–H groups in total. The fourth-order valence-corrected chi connectivity index (χ4v) is 2.43. The summed E-state index contributed by atoms with van der Waals surface area (Å²) < 4.78 is 0. The standard InChI is InChI=1S/C17H20ClNO3/c18-14-3-1-2-13(9-14)17(22)10-19-15(11-20)8-12-4-6-16(21)7-5-12/h1-7,9,15,17,19-22H,8,10-11H2/t15-,17+/m0/s1. The molecule has 0 saturated carbocycles. The SMILES string of the molecule is OC[C@H](Cc1ccc(O)cc1)NC[C@@H](O)c1cccc(Cl)c1. The van der Waals surface area contributed by atoms with Gasteiger partial charge < -0.3 is 20.6 Å². The number of nitrogens with one attached hydrogen (secondary N) is 1. The summed E-state index contributed by atoms with van der Waals surface area (Å²) in [5, 5.41) is 32.6. The van der Waals surface area contributed by atoms with Crippen LogP contribution in [0.3, 0.4) is 0 Å². The second-order valence-electron chi connectivity index (χ2n) is 5.23. The molecule has 0 saturated heterocycles. The number of rotatable bonds is 7. The van der Waals surface area contributed by atoms with Crippen LogP contribution in [0.4, 0.5) is 0 Å². The number of phenolic OH excluding ortho intramolecular Hbond substituents is 1. The number of aliphatic hydroxyl groups excluding tert-OH is 2. The Bertz CT molecular complexity index is 589. The molecule has 4 nitrogen and oxygen atoms in total. The third-order valence-corrected chi connectivity index (χ3v) is 3.71. The van der Waals surface area contributed by atoms with Gasteiger partial charge in [-0.25, -0.2) is 0 Å². The van der Waals surface area contributed by atoms with Gasteiger partial charge in [0.2, 0.25) is 0 Å². The quantitative estimate of drug-likeness (QED) is 0.631. The molecule has 0 aliphatic rings. The van der Waals surface area contributed by atoms with E-state index in [-0.39, 0.29) is 18.4 Å². The third kappa shape index (κ3) is 5.00. The van der Waals surface area contributed by atoms with E-state index in [0.717, 1.165) is 11.1 Å². The van der Waals surface area contributed by atoms with Gasteiger partial charge in [0.15, 0.2) is 0 Å². The molecule has 0 aliphatic carbocycles. The predicted octanol–water partition coefficient (Wildman–Crippen LogP) is 2.27. The average molecular weight is 322 g/mol. The zero-order valence-corrected chi connectivity index (χ0v) is 12.9. The molecule has 2 rings (SSSR count). The van der Waals surface area contributed by atoms with Gasteiger partial charge in [0.05, 0.1) is 12.7 Å². The lowest BCUT2D eigenvalue weighted by molar-refractivity contribution is 0.158. The predicted molar refractivity (Wildman–Crippen MR) is 87.1 cm³/mol. The number of aromatic hydroxyl groups is 1. The molecule has 22 heavy (non-hydrogen) atoms. The van der Waals surface area contributed by atoms with E-state index in [9.17, 15) is 15.3 Å². The number of benzene rings is 2. The molecule has 0 aromatic heterocycles. The van der Waals surface area contributed by atoms with Crippen molar-refractivity contribution in [2.24, 2.45) is 0 Å². The summed E-state index contributed by atoms with van der Waals surface area (Å²) in [6, 6.07) is 13.8. The third-order valence-electron chi connectivity index (χ3n) is 3.47. The van der Waals surface area contributed by atoms with Crippen molar-refractivity contribution in [3.05, 3.63) is 64.7 Å². The second-order valence-corrected chi connectivity index (χ2v) is 5.67. The molecule has 0 bridgehead atoms. The first-order valence-electron chi connectivity index (χ1n) is 7.14. The Morgan fingerprint density at radius 2 is 1.82 bits per heavy atom. The highest BCUT2D eigenvalue weighted by Gasteiger charge is 2.12. The Morgan fingerprint density at radius 3 is 2.45 bits per heavy atom. The van der Waals surface area contributed by atoms with Crippen LogP contribution in [-0.2, 0) is 6.42 Å². The Labute approximate surface area is 135 Å². The van der Waals surface area contributed by atoms with Crippen LogP contribution in [0.5, 0.6) is 5.75 Å². The maximum absolute atomic E-state index is 10.2. The number of phenols is 1. The lowest BCUT2D eigenvalue weighted by Crippen LogP contribution is -2.37. The summed E-state index contributed by atoms with van der Waals surface area (Å²) in [5.41, 5.74) is 1.74. The van der Waals surface area contributed by atoms with Crippen LogP contribution < -0.4 is 5.32 Å². The Kier molecular flexibility index (Phi) is 6.21. The maximum Gasteiger partial charge on any atom is 0.115 e. The van der Waals surface area contributed by atoms with Crippen molar-refractivity contribution in [1.29, 1.82) is 0 Å². The fraction of sp³-hybridized carbons (Fsp3) is 0.294. The van der Waals surface area contributed by atoms with Crippen LogP contribution in [0, 0.1) is 0 Å². The van der Waals surface area contributed by atoms with Crippen LogP contribution in [0.1, 0.15) is 17.2 Å². The Morgan fingerprint density at radius 1 is 1.09 bits per heavy atom. The van der Waals surface area contributed by atoms with E-state index in [1.807, 2.05) is 18.2 Å². The van der Waals surface area contributed by atoms with Crippen LogP contribution in [0.25, 0.3) is 0 Å². The van der Waals surface area contributed by atoms with Gasteiger partial charge in [-0.3, -0.25) is 0 Å². The molecule has 118 valence electrons. The monoisotopic (exact) mass is 321 g/mol. The zero-order chi connectivity index (χ0) is 15.9. The highest BCUT2D eigenvalue weighted by atomic mass is 35.5. The summed E-state index contributed by atoms with van der Waals surface area (Å²) in [5.74, 6) is 0.216. The fourth-order valence-electron chi connectivity index (χ4n) is 2.23. The van der Waals surface area contributed by atoms with Crippen molar-refractivity contribution in [2.75, 3.05) is 13.2 Å². The molecular weight excluding hydrogens is 302 g/mol. The van der Waals surface area contributed by atoms with Crippen LogP contribution >= 0.6 is 11.6 Å². The number of halogens is 1. The van der Waals surface area contributed by atoms with Gasteiger partial charge in [0.25, 0.3) is 0 Å². The second kappa shape index (κ2) is 8.15. The molecule has 0 heterocycles. The first kappa shape index (κ1) is 16.8. The summed E-state index contributed by atoms with van der Waals surface area (Å²) in [6.45, 7) is 0.285. The Balaban J connectivity index is 1.89. The minimum absolute atomic E-state index is 0.0385. The summed E-state index contributed by atoms with van der Waals surface area (Å²) in [6.07, 6.45) is -0.0773. The molecule has 2 aromatic rings. The number of hydrogen-bond donors (Lipinski definition) is 4. The van der Waals surface area contributed by atoms with Crippen molar-refractivity contribution >= 4 is 11.6 Å². The summed E-state index contributed by atoms with van der Waals surface area (Å²) >= 11 is 5.91. The molecule has 2 aromatic carbocycles. The molecule has 0 fully saturated rings. The van der Waals surface area contributed by atoms with Gasteiger partial charge in [-0.1, -0.05) is 35.9 Å². The molecule has 0 amide bonds. The van der Waals surface area contributed by atoms with E-state index in [4.69, 9.17) is 11.6 Å². The van der Waals surface area contributed by atoms with Crippen molar-refractivity contribution < 1.29 is 15.3 Å². The topological polar surface area (TPSA) is 72.7 Å². The van der Waals surface area contributed by atoms with Gasteiger partial charge in [-0.2, -0.15) is 0 Å². The van der Waals surface area contributed by atoms with Gasteiger partial charge in [0.1, 0.15) is 5.75 Å². The number of hydrogen-bond acceptors (Lipinski definition) is 4. The molecule has 0 aliphatic heterocycles. The van der Waals surface area contributed by atoms with Crippen molar-refractivity contribution in [2.45, 2.75) is 18.6 Å². The van der Waals surface area contributed by atoms with Gasteiger partial charge >= 0.3 is 0 Å². The van der Waals surface area contributed by atoms with Crippen LogP contribution in [-0.4, -0.2) is 34.5 Å². The highest BCUT2D eigenvalue weighted by molar-refractivity contribution is 6.30. The minimum atomic E-state index is -0.687. The van der Waals surface area contributed by atoms with Crippen LogP contribution in [0.2, 0.25) is 5.02 Å². The van der Waals surface area contributed by atoms with E-state index in [0.29, 0.717) is 18.0 Å². The normalized spacial score (nSPS) is 13.8. The first-order valence-corrected chi connectivity index (χ1v) is 7.52. The van der Waals surface area contributed by atoms with Gasteiger partial charge in [-0.15, -0.1) is 0 Å². The van der Waals surface area contributed by atoms with E-state index in [2.05, 4.69) is 5.32 Å². The van der Waals surface area contributed by atoms with Crippen molar-refractivity contribution in [1.82, 2.24) is 5.32 Å². The average Bonchev–Trinajstić information content (AvgIpc) is 2.53. The van der Waals surface area contributed by atoms with E-state index in [1.165, 1.54) is 0 Å². The van der Waals surface area contributed by atoms with Crippen LogP contribution in [0.15, 0.2) is 48.5 Å². The van der Waals surface area contributed by atoms with Crippen molar-refractivity contribution in [3.8, 4) is 5.75 Å². The van der Waals surface area contributed by atoms with E-state index in [1.54, 1.807) is 30.3 Å². The molecule has 0 unspecified atom stereocenters. The lowest BCUT2D eigenvalue weighted by Gasteiger charge is -2.19. The van der Waals surface area contributed by atoms with Gasteiger partial charge in [-0.05, 0) is 41.8 Å². The zero-order valence-electron chi connectivity index (χ0n) is 12.1. The minimum Gasteiger partial charge on any atom is -0.508 e. The smallest absolute Gasteiger partial charge is 0.115 e. The van der Waals surface area contributed by atoms with E-state index < -0.39 is 6.10 Å². The number of aliphatic hydroxyl groups is 2. The molecule has 5 heteroatoms. The van der Waals surface area contributed by atoms with Gasteiger partial charge in [0, 0.05) is 17.6 Å². The molecular formula is C17H20ClNO3. The maximum atomic E-state index is 10.2. The molecule has 0 spiro atoms. The highest BCUT2D eigenvalue weighted by Crippen LogP contribution is 2.17. The first-order chi connectivity index (χ1) is 10.6. The lowest BCUT2D eigenvalue weighted by atomic mass is 10.1. The summed E-state index contributed by atoms with van der Waals surface area (Å²) in [4.78, 5) is 0. The van der Waals surface area contributed by atoms with Crippen molar-refractivity contribution in [3.63, 3.8) is 0 Å². The molecule has 2 atom stereocenters.